The smallest absolute Gasteiger partial charge is 0.409 e. The number of imide groups is 2. The van der Waals surface area contributed by atoms with Gasteiger partial charge < -0.3 is 35.0 Å². The van der Waals surface area contributed by atoms with Gasteiger partial charge in [0.1, 0.15) is 47.9 Å². The summed E-state index contributed by atoms with van der Waals surface area (Å²) in [5, 5.41) is 20.9. The fourth-order valence-electron chi connectivity index (χ4n) is 12.5. The zero-order valence-corrected chi connectivity index (χ0v) is 40.3. The number of anilines is 2. The molecule has 380 valence electrons. The molecule has 3 aromatic carbocycles. The number of amides is 5. The molecule has 0 radical (unpaired) electrons. The predicted octanol–water partition coefficient (Wildman–Crippen LogP) is 5.26. The first-order valence-corrected chi connectivity index (χ1v) is 25.1. The molecule has 20 heteroatoms. The molecule has 7 aliphatic heterocycles. The van der Waals surface area contributed by atoms with Gasteiger partial charge in [-0.15, -0.1) is 6.42 Å². The average Bonchev–Trinajstić information content (AvgIpc) is 4.21. The van der Waals surface area contributed by atoms with Crippen molar-refractivity contribution in [3.05, 3.63) is 89.1 Å². The van der Waals surface area contributed by atoms with E-state index in [0.29, 0.717) is 80.8 Å². The minimum atomic E-state index is -1.07. The van der Waals surface area contributed by atoms with E-state index < -0.39 is 52.9 Å². The number of benzene rings is 3. The van der Waals surface area contributed by atoms with Crippen LogP contribution in [0.15, 0.2) is 60.8 Å². The number of piperazine rings is 1. The summed E-state index contributed by atoms with van der Waals surface area (Å²) < 4.78 is 44.9. The molecule has 5 amide bonds. The number of rotatable bonds is 11. The largest absolute Gasteiger partial charge is 0.508 e. The Labute approximate surface area is 423 Å². The molecule has 6 saturated heterocycles. The van der Waals surface area contributed by atoms with E-state index in [9.17, 15) is 29.1 Å². The van der Waals surface area contributed by atoms with Crippen LogP contribution < -0.4 is 25.6 Å². The number of carbonyl (C=O) groups is 5. The van der Waals surface area contributed by atoms with E-state index in [4.69, 9.17) is 20.9 Å². The van der Waals surface area contributed by atoms with Crippen LogP contribution in [0.1, 0.15) is 77.6 Å². The van der Waals surface area contributed by atoms with Gasteiger partial charge in [0.2, 0.25) is 11.8 Å². The Balaban J connectivity index is 0.728. The monoisotopic (exact) mass is 1010 g/mol. The highest BCUT2D eigenvalue weighted by atomic mass is 19.1. The summed E-state index contributed by atoms with van der Waals surface area (Å²) in [6.07, 6.45) is 11.7. The first kappa shape index (κ1) is 47.3. The number of fused-ring (bicyclic) bond motifs is 6. The number of piperidine rings is 1. The highest BCUT2D eigenvalue weighted by Crippen LogP contribution is 2.45. The van der Waals surface area contributed by atoms with Crippen LogP contribution in [-0.4, -0.2) is 147 Å². The zero-order valence-electron chi connectivity index (χ0n) is 40.3. The van der Waals surface area contributed by atoms with Crippen LogP contribution >= 0.6 is 0 Å². The van der Waals surface area contributed by atoms with Crippen LogP contribution in [0.5, 0.6) is 11.8 Å². The Morgan fingerprint density at radius 2 is 1.82 bits per heavy atom. The van der Waals surface area contributed by atoms with Gasteiger partial charge in [0.15, 0.2) is 5.82 Å². The van der Waals surface area contributed by atoms with Gasteiger partial charge in [0, 0.05) is 86.6 Å². The lowest BCUT2D eigenvalue weighted by molar-refractivity contribution is -0.136. The number of hydrogen-bond acceptors (Lipinski definition) is 15. The van der Waals surface area contributed by atoms with Gasteiger partial charge in [0.25, 0.3) is 11.8 Å². The summed E-state index contributed by atoms with van der Waals surface area (Å²) >= 11 is 0. The first-order valence-electron chi connectivity index (χ1n) is 25.1. The van der Waals surface area contributed by atoms with Crippen molar-refractivity contribution in [3.8, 4) is 35.4 Å². The SMILES string of the molecule is C#Cc1c(F)ccc2cc(O)cc(-c3ncc4c(N5CC6CCC(C5)N6)nc(OC[C@@]56CC[C@@H](COC(=O)N7CCC(CNc8cccc9c8C(=O)N(C8CCC(=O)NC8=O)C9=O)C7)N5CC(=C)C6)nc4c3F)c12. The maximum atomic E-state index is 17.3. The van der Waals surface area contributed by atoms with Gasteiger partial charge in [-0.2, -0.15) is 9.97 Å². The molecule has 4 N–H and O–H groups in total. The summed E-state index contributed by atoms with van der Waals surface area (Å²) in [6, 6.07) is 9.57. The number of halogens is 2. The molecule has 74 heavy (non-hydrogen) atoms. The summed E-state index contributed by atoms with van der Waals surface area (Å²) in [7, 11) is 0. The summed E-state index contributed by atoms with van der Waals surface area (Å²) in [5.41, 5.74) is 1.09. The van der Waals surface area contributed by atoms with Gasteiger partial charge in [-0.1, -0.05) is 30.2 Å². The molecular formula is C54H52F2N10O8. The zero-order chi connectivity index (χ0) is 51.2. The van der Waals surface area contributed by atoms with Crippen molar-refractivity contribution in [1.29, 1.82) is 0 Å². The van der Waals surface area contributed by atoms with Crippen LogP contribution in [0.25, 0.3) is 32.9 Å². The number of pyridine rings is 1. The minimum absolute atomic E-state index is 0.0171. The lowest BCUT2D eigenvalue weighted by atomic mass is 9.94. The third-order valence-corrected chi connectivity index (χ3v) is 16.0. The Morgan fingerprint density at radius 1 is 1.00 bits per heavy atom. The molecule has 6 atom stereocenters. The second-order valence-corrected chi connectivity index (χ2v) is 20.7. The molecular weight excluding hydrogens is 955 g/mol. The molecule has 2 aromatic heterocycles. The van der Waals surface area contributed by atoms with Crippen LogP contribution in [0, 0.1) is 29.9 Å². The molecule has 9 heterocycles. The first-order chi connectivity index (χ1) is 35.7. The van der Waals surface area contributed by atoms with Crippen molar-refractivity contribution >= 4 is 62.9 Å². The summed E-state index contributed by atoms with van der Waals surface area (Å²) in [4.78, 5) is 86.1. The van der Waals surface area contributed by atoms with Crippen molar-refractivity contribution in [3.63, 3.8) is 0 Å². The molecule has 7 aliphatic rings. The maximum absolute atomic E-state index is 17.3. The molecule has 12 rings (SSSR count). The number of phenolic OH excluding ortho intramolecular Hbond substituents is 1. The Hall–Kier alpha value is -7.76. The Bertz CT molecular complexity index is 3300. The highest BCUT2D eigenvalue weighted by molar-refractivity contribution is 6.25. The van der Waals surface area contributed by atoms with Crippen molar-refractivity contribution in [2.45, 2.75) is 81.1 Å². The van der Waals surface area contributed by atoms with Gasteiger partial charge in [-0.3, -0.25) is 39.3 Å². The number of terminal acetylenes is 1. The van der Waals surface area contributed by atoms with Crippen LogP contribution in [-0.2, 0) is 14.3 Å². The lowest BCUT2D eigenvalue weighted by Crippen LogP contribution is -2.54. The molecule has 2 bridgehead atoms. The lowest BCUT2D eigenvalue weighted by Gasteiger charge is -2.35. The van der Waals surface area contributed by atoms with Gasteiger partial charge in [-0.05, 0) is 86.6 Å². The van der Waals surface area contributed by atoms with E-state index >= 15 is 8.78 Å². The Kier molecular flexibility index (Phi) is 11.7. The van der Waals surface area contributed by atoms with Crippen LogP contribution in [0.2, 0.25) is 0 Å². The van der Waals surface area contributed by atoms with E-state index in [1.54, 1.807) is 23.1 Å². The van der Waals surface area contributed by atoms with E-state index in [0.717, 1.165) is 29.7 Å². The molecule has 0 spiro atoms. The van der Waals surface area contributed by atoms with Gasteiger partial charge in [0.05, 0.1) is 27.6 Å². The molecule has 18 nitrogen and oxygen atoms in total. The van der Waals surface area contributed by atoms with E-state index in [1.165, 1.54) is 30.5 Å². The number of aromatic nitrogens is 3. The van der Waals surface area contributed by atoms with E-state index in [-0.39, 0.29) is 101 Å². The molecule has 5 aromatic rings. The standard InChI is InChI=1S/C54H52F2N10O8/c1-3-35-39(55)10-7-30-17-34(67)18-37(43(30)35)46-45(56)47-38(21-58-46)48(64-24-31-8-9-32(25-64)59-31)62-52(61-47)74-27-54-15-13-33(65(54)22-28(2)19-54)26-73-53(72)63-16-14-29(23-63)20-57-40-6-4-5-36-44(40)51(71)66(50(36)70)41-11-12-42(68)60-49(41)69/h1,4-7,10,17-18,21,29,31-33,41,57,59,67H,2,8-9,11-16,19-20,22-27H2,(H,60,68,69)/t29?,31?,32?,33-,41?,54-/m0/s1. The second-order valence-electron chi connectivity index (χ2n) is 20.7. The van der Waals surface area contributed by atoms with Crippen molar-refractivity contribution in [2.75, 3.05) is 62.7 Å². The molecule has 0 saturated carbocycles. The number of aromatic hydroxyl groups is 1. The summed E-state index contributed by atoms with van der Waals surface area (Å²) in [5.74, 6) is -1.06. The molecule has 4 unspecified atom stereocenters. The summed E-state index contributed by atoms with van der Waals surface area (Å²) in [6.45, 7) is 7.75. The third-order valence-electron chi connectivity index (χ3n) is 16.0. The molecule has 6 fully saturated rings. The number of nitrogens with zero attached hydrogens (tertiary/aromatic N) is 7. The quantitative estimate of drug-likeness (QED) is 0.0755. The molecule has 0 aliphatic carbocycles. The number of nitrogens with one attached hydrogen (secondary N) is 3. The van der Waals surface area contributed by atoms with E-state index in [1.807, 2.05) is 0 Å². The van der Waals surface area contributed by atoms with Crippen molar-refractivity contribution < 1.29 is 47.3 Å². The number of carbonyl (C=O) groups excluding carboxylic acids is 5. The minimum Gasteiger partial charge on any atom is -0.508 e. The van der Waals surface area contributed by atoms with Crippen molar-refractivity contribution in [2.24, 2.45) is 5.92 Å². The third kappa shape index (κ3) is 8.09. The number of ether oxygens (including phenoxy) is 2. The number of likely N-dealkylation sites (tertiary alicyclic amines) is 1. The number of phenols is 1. The maximum Gasteiger partial charge on any atom is 0.409 e. The van der Waals surface area contributed by atoms with Gasteiger partial charge >= 0.3 is 12.1 Å². The van der Waals surface area contributed by atoms with Crippen LogP contribution in [0.3, 0.4) is 0 Å². The predicted molar refractivity (Wildman–Crippen MR) is 266 cm³/mol. The Morgan fingerprint density at radius 3 is 2.62 bits per heavy atom. The van der Waals surface area contributed by atoms with Crippen molar-refractivity contribution in [1.82, 2.24) is 40.3 Å². The van der Waals surface area contributed by atoms with Gasteiger partial charge in [-0.25, -0.2) is 13.6 Å². The second kappa shape index (κ2) is 18.3. The van der Waals surface area contributed by atoms with E-state index in [2.05, 4.69) is 48.2 Å². The fraction of sp³-hybridized carbons (Fsp3) is 0.407. The number of hydrogen-bond donors (Lipinski definition) is 4. The highest BCUT2D eigenvalue weighted by Gasteiger charge is 2.52. The average molecular weight is 1010 g/mol. The fourth-order valence-corrected chi connectivity index (χ4v) is 12.5. The topological polar surface area (TPSA) is 212 Å². The normalized spacial score (nSPS) is 25.5. The van der Waals surface area contributed by atoms with Crippen LogP contribution in [0.4, 0.5) is 25.1 Å².